The number of rotatable bonds is 7. The Morgan fingerprint density at radius 3 is 2.48 bits per heavy atom. The molecule has 3 heterocycles. The largest absolute Gasteiger partial charge is 0.379 e. The van der Waals surface area contributed by atoms with Crippen LogP contribution in [0.4, 0.5) is 5.69 Å². The molecule has 8 heteroatoms. The van der Waals surface area contributed by atoms with E-state index in [4.69, 9.17) is 4.74 Å². The number of nitrogens with zero attached hydrogens (tertiary/aromatic N) is 3. The molecule has 5 rings (SSSR count). The number of para-hydroxylation sites is 1. The van der Waals surface area contributed by atoms with Crippen molar-refractivity contribution in [3.05, 3.63) is 65.2 Å². The van der Waals surface area contributed by atoms with Crippen molar-refractivity contribution < 1.29 is 19.1 Å². The highest BCUT2D eigenvalue weighted by Crippen LogP contribution is 2.45. The third-order valence-corrected chi connectivity index (χ3v) is 6.54. The van der Waals surface area contributed by atoms with Crippen molar-refractivity contribution in [2.45, 2.75) is 19.0 Å². The number of morpholine rings is 1. The summed E-state index contributed by atoms with van der Waals surface area (Å²) in [5, 5.41) is 2.97. The summed E-state index contributed by atoms with van der Waals surface area (Å²) in [6, 6.07) is 14.7. The summed E-state index contributed by atoms with van der Waals surface area (Å²) in [5.74, 6) is -0.224. The normalized spacial score (nSPS) is 19.8. The lowest BCUT2D eigenvalue weighted by atomic mass is 10.0. The molecule has 172 valence electrons. The van der Waals surface area contributed by atoms with E-state index in [1.54, 1.807) is 15.9 Å². The van der Waals surface area contributed by atoms with Crippen molar-refractivity contribution in [2.24, 2.45) is 0 Å². The van der Waals surface area contributed by atoms with E-state index in [1.165, 1.54) is 0 Å². The number of ether oxygens (including phenoxy) is 1. The third-order valence-electron chi connectivity index (χ3n) is 6.54. The van der Waals surface area contributed by atoms with Gasteiger partial charge in [0.25, 0.3) is 11.8 Å². The van der Waals surface area contributed by atoms with Crippen molar-refractivity contribution in [2.75, 3.05) is 50.8 Å². The molecule has 3 aliphatic heterocycles. The van der Waals surface area contributed by atoms with Gasteiger partial charge in [0.2, 0.25) is 5.91 Å². The molecule has 0 bridgehead atoms. The lowest BCUT2D eigenvalue weighted by molar-refractivity contribution is -0.121. The number of amides is 3. The highest BCUT2D eigenvalue weighted by Gasteiger charge is 2.47. The van der Waals surface area contributed by atoms with Crippen LogP contribution in [0.2, 0.25) is 0 Å². The van der Waals surface area contributed by atoms with E-state index in [1.807, 2.05) is 42.5 Å². The highest BCUT2D eigenvalue weighted by molar-refractivity contribution is 6.16. The lowest BCUT2D eigenvalue weighted by Crippen LogP contribution is -2.48. The summed E-state index contributed by atoms with van der Waals surface area (Å²) in [6.45, 7) is 5.08. The van der Waals surface area contributed by atoms with E-state index >= 15 is 0 Å². The zero-order valence-electron chi connectivity index (χ0n) is 18.5. The number of hydrogen-bond acceptors (Lipinski definition) is 5. The lowest BCUT2D eigenvalue weighted by Gasteiger charge is -2.41. The predicted octanol–water partition coefficient (Wildman–Crippen LogP) is 2.03. The van der Waals surface area contributed by atoms with Crippen LogP contribution in [-0.4, -0.2) is 73.5 Å². The summed E-state index contributed by atoms with van der Waals surface area (Å²) in [5.41, 5.74) is 2.62. The Bertz CT molecular complexity index is 1070. The number of nitrogens with one attached hydrogen (secondary N) is 1. The molecule has 1 saturated heterocycles. The highest BCUT2D eigenvalue weighted by atomic mass is 16.5. The van der Waals surface area contributed by atoms with Crippen LogP contribution in [0, 0.1) is 0 Å². The van der Waals surface area contributed by atoms with Crippen LogP contribution in [0.3, 0.4) is 0 Å². The Kier molecular flexibility index (Phi) is 6.11. The van der Waals surface area contributed by atoms with E-state index < -0.39 is 6.17 Å². The fraction of sp³-hybridized carbons (Fsp3) is 0.400. The van der Waals surface area contributed by atoms with E-state index in [-0.39, 0.29) is 17.7 Å². The number of carbonyl (C=O) groups is 3. The molecule has 1 N–H and O–H groups in total. The van der Waals surface area contributed by atoms with Gasteiger partial charge in [0.05, 0.1) is 24.5 Å². The first-order chi connectivity index (χ1) is 16.1. The molecule has 1 fully saturated rings. The molecule has 33 heavy (non-hydrogen) atoms. The van der Waals surface area contributed by atoms with Gasteiger partial charge in [-0.05, 0) is 24.6 Å². The molecular formula is C25H28N4O4. The Morgan fingerprint density at radius 2 is 1.67 bits per heavy atom. The topological polar surface area (TPSA) is 82.2 Å². The van der Waals surface area contributed by atoms with E-state index in [2.05, 4.69) is 10.2 Å². The third kappa shape index (κ3) is 4.12. The van der Waals surface area contributed by atoms with Crippen LogP contribution in [0.25, 0.3) is 0 Å². The van der Waals surface area contributed by atoms with Gasteiger partial charge in [-0.25, -0.2) is 0 Å². The molecule has 2 aromatic carbocycles. The number of fused-ring (bicyclic) bond motifs is 5. The minimum Gasteiger partial charge on any atom is -0.379 e. The fourth-order valence-corrected chi connectivity index (χ4v) is 4.88. The van der Waals surface area contributed by atoms with Crippen molar-refractivity contribution in [1.82, 2.24) is 15.1 Å². The van der Waals surface area contributed by atoms with Crippen LogP contribution in [0.1, 0.15) is 45.3 Å². The number of benzene rings is 2. The molecule has 0 radical (unpaired) electrons. The van der Waals surface area contributed by atoms with Gasteiger partial charge in [0.15, 0.2) is 0 Å². The molecule has 0 aliphatic carbocycles. The first-order valence-corrected chi connectivity index (χ1v) is 11.5. The average molecular weight is 449 g/mol. The molecule has 1 atom stereocenters. The van der Waals surface area contributed by atoms with Crippen molar-refractivity contribution >= 4 is 23.4 Å². The molecule has 3 amide bonds. The van der Waals surface area contributed by atoms with Gasteiger partial charge in [-0.1, -0.05) is 30.3 Å². The molecule has 0 spiro atoms. The fourth-order valence-electron chi connectivity index (χ4n) is 4.88. The van der Waals surface area contributed by atoms with Gasteiger partial charge in [0.1, 0.15) is 6.17 Å². The van der Waals surface area contributed by atoms with Gasteiger partial charge in [-0.2, -0.15) is 0 Å². The molecule has 3 aliphatic rings. The molecular weight excluding hydrogens is 420 g/mol. The molecule has 0 saturated carbocycles. The van der Waals surface area contributed by atoms with Gasteiger partial charge >= 0.3 is 0 Å². The Labute approximate surface area is 193 Å². The Balaban J connectivity index is 1.24. The zero-order valence-corrected chi connectivity index (χ0v) is 18.5. The zero-order chi connectivity index (χ0) is 22.8. The van der Waals surface area contributed by atoms with Crippen LogP contribution in [0.15, 0.2) is 48.5 Å². The standard InChI is InChI=1S/C25H28N4O4/c30-22(26-11-13-27-14-16-33-17-15-27)10-5-12-28-23-18-6-1-2-7-19(18)25(32)29(23)21-9-4-3-8-20(21)24(28)31/h1-4,6-9,23H,5,10-17H2,(H,26,30)/t23-/m0/s1. The van der Waals surface area contributed by atoms with E-state index in [9.17, 15) is 14.4 Å². The summed E-state index contributed by atoms with van der Waals surface area (Å²) in [7, 11) is 0. The summed E-state index contributed by atoms with van der Waals surface area (Å²) >= 11 is 0. The quantitative estimate of drug-likeness (QED) is 0.701. The minimum atomic E-state index is -0.472. The molecule has 2 aromatic rings. The molecule has 8 nitrogen and oxygen atoms in total. The second-order valence-electron chi connectivity index (χ2n) is 8.56. The monoisotopic (exact) mass is 448 g/mol. The minimum absolute atomic E-state index is 0.0205. The van der Waals surface area contributed by atoms with Crippen molar-refractivity contribution in [1.29, 1.82) is 0 Å². The number of carbonyl (C=O) groups excluding carboxylic acids is 3. The SMILES string of the molecule is O=C(CCCN1C(=O)c2ccccc2N2C(=O)c3ccccc3[C@@H]12)NCCN1CCOCC1. The average Bonchev–Trinajstić information content (AvgIpc) is 3.14. The molecule has 0 aromatic heterocycles. The first-order valence-electron chi connectivity index (χ1n) is 11.5. The van der Waals surface area contributed by atoms with Crippen LogP contribution in [-0.2, 0) is 9.53 Å². The van der Waals surface area contributed by atoms with Crippen molar-refractivity contribution in [3.63, 3.8) is 0 Å². The summed E-state index contributed by atoms with van der Waals surface area (Å²) in [6.07, 6.45) is 0.384. The summed E-state index contributed by atoms with van der Waals surface area (Å²) < 4.78 is 5.34. The molecule has 0 unspecified atom stereocenters. The van der Waals surface area contributed by atoms with Crippen LogP contribution >= 0.6 is 0 Å². The van der Waals surface area contributed by atoms with E-state index in [0.717, 1.165) is 38.4 Å². The maximum Gasteiger partial charge on any atom is 0.260 e. The van der Waals surface area contributed by atoms with Crippen molar-refractivity contribution in [3.8, 4) is 0 Å². The second kappa shape index (κ2) is 9.33. The second-order valence-corrected chi connectivity index (χ2v) is 8.56. The number of hydrogen-bond donors (Lipinski definition) is 1. The summed E-state index contributed by atoms with van der Waals surface area (Å²) in [4.78, 5) is 44.6. The Morgan fingerprint density at radius 1 is 0.939 bits per heavy atom. The maximum absolute atomic E-state index is 13.4. The Hall–Kier alpha value is -3.23. The number of anilines is 1. The van der Waals surface area contributed by atoms with Gasteiger partial charge in [-0.3, -0.25) is 24.2 Å². The van der Waals surface area contributed by atoms with Crippen LogP contribution in [0.5, 0.6) is 0 Å². The van der Waals surface area contributed by atoms with Gasteiger partial charge in [-0.15, -0.1) is 0 Å². The van der Waals surface area contributed by atoms with Crippen LogP contribution < -0.4 is 10.2 Å². The maximum atomic E-state index is 13.4. The van der Waals surface area contributed by atoms with Gasteiger partial charge < -0.3 is 15.0 Å². The van der Waals surface area contributed by atoms with Gasteiger partial charge in [0, 0.05) is 50.3 Å². The first kappa shape index (κ1) is 21.6. The smallest absolute Gasteiger partial charge is 0.260 e. The predicted molar refractivity (Wildman–Crippen MR) is 123 cm³/mol. The van der Waals surface area contributed by atoms with E-state index in [0.29, 0.717) is 42.7 Å².